The molecule has 0 amide bonds. The predicted molar refractivity (Wildman–Crippen MR) is 70.3 cm³/mol. The minimum absolute atomic E-state index is 0.125. The third-order valence-corrected chi connectivity index (χ3v) is 2.49. The molecule has 0 bridgehead atoms. The lowest BCUT2D eigenvalue weighted by Crippen LogP contribution is -2.14. The number of hydrogen-bond acceptors (Lipinski definition) is 4. The van der Waals surface area contributed by atoms with Crippen molar-refractivity contribution in [2.75, 3.05) is 5.43 Å². The summed E-state index contributed by atoms with van der Waals surface area (Å²) in [5.74, 6) is 0.829. The van der Waals surface area contributed by atoms with Crippen LogP contribution < -0.4 is 10.2 Å². The molecule has 6 heteroatoms. The molecule has 96 valence electrons. The summed E-state index contributed by atoms with van der Waals surface area (Å²) < 4.78 is 7.41. The maximum atomic E-state index is 6.00. The molecule has 2 rings (SSSR count). The zero-order chi connectivity index (χ0) is 13.0. The lowest BCUT2D eigenvalue weighted by atomic mass is 10.2. The standard InChI is InChI=1S/C12H15ClN4O/c1-9(2)18-12-4-3-11(13)5-10(12)6-16-17-7-14-15-8-17/h3-5,7-9,16H,6H2,1-2H3. The monoisotopic (exact) mass is 266 g/mol. The summed E-state index contributed by atoms with van der Waals surface area (Å²) in [7, 11) is 0. The molecule has 0 aliphatic rings. The normalized spacial score (nSPS) is 10.7. The Labute approximate surface area is 111 Å². The van der Waals surface area contributed by atoms with Gasteiger partial charge in [-0.25, -0.2) is 4.68 Å². The molecule has 0 atom stereocenters. The van der Waals surface area contributed by atoms with Crippen molar-refractivity contribution in [3.05, 3.63) is 41.4 Å². The van der Waals surface area contributed by atoms with Gasteiger partial charge in [0, 0.05) is 10.6 Å². The van der Waals surface area contributed by atoms with Gasteiger partial charge in [0.25, 0.3) is 0 Å². The van der Waals surface area contributed by atoms with Gasteiger partial charge in [-0.15, -0.1) is 10.2 Å². The summed E-state index contributed by atoms with van der Waals surface area (Å²) in [6.07, 6.45) is 3.31. The van der Waals surface area contributed by atoms with Crippen LogP contribution in [-0.2, 0) is 6.54 Å². The highest BCUT2D eigenvalue weighted by Crippen LogP contribution is 2.24. The van der Waals surface area contributed by atoms with Crippen LogP contribution >= 0.6 is 11.6 Å². The number of benzene rings is 1. The summed E-state index contributed by atoms with van der Waals surface area (Å²) in [4.78, 5) is 0. The number of nitrogens with one attached hydrogen (secondary N) is 1. The fourth-order valence-corrected chi connectivity index (χ4v) is 1.71. The van der Waals surface area contributed by atoms with Gasteiger partial charge in [0.1, 0.15) is 18.4 Å². The highest BCUT2D eigenvalue weighted by molar-refractivity contribution is 6.30. The average Bonchev–Trinajstić information content (AvgIpc) is 2.82. The lowest BCUT2D eigenvalue weighted by Gasteiger charge is -2.15. The highest BCUT2D eigenvalue weighted by Gasteiger charge is 2.06. The van der Waals surface area contributed by atoms with Gasteiger partial charge >= 0.3 is 0 Å². The quantitative estimate of drug-likeness (QED) is 0.903. The van der Waals surface area contributed by atoms with Gasteiger partial charge in [-0.3, -0.25) is 0 Å². The lowest BCUT2D eigenvalue weighted by molar-refractivity contribution is 0.240. The average molecular weight is 267 g/mol. The molecule has 1 N–H and O–H groups in total. The number of halogens is 1. The van der Waals surface area contributed by atoms with Crippen molar-refractivity contribution in [3.63, 3.8) is 0 Å². The molecule has 0 saturated carbocycles. The largest absolute Gasteiger partial charge is 0.491 e. The van der Waals surface area contributed by atoms with E-state index in [0.29, 0.717) is 11.6 Å². The molecule has 0 aliphatic heterocycles. The van der Waals surface area contributed by atoms with Crippen LogP contribution in [0.2, 0.25) is 5.02 Å². The summed E-state index contributed by atoms with van der Waals surface area (Å²) in [6, 6.07) is 5.59. The van der Waals surface area contributed by atoms with Crippen molar-refractivity contribution < 1.29 is 4.74 Å². The van der Waals surface area contributed by atoms with E-state index in [0.717, 1.165) is 11.3 Å². The molecule has 0 fully saturated rings. The molecule has 0 radical (unpaired) electrons. The molecule has 0 aliphatic carbocycles. The Morgan fingerprint density at radius 1 is 1.33 bits per heavy atom. The van der Waals surface area contributed by atoms with Gasteiger partial charge in [-0.1, -0.05) is 11.6 Å². The summed E-state index contributed by atoms with van der Waals surface area (Å²) in [5, 5.41) is 8.12. The number of nitrogens with zero attached hydrogens (tertiary/aromatic N) is 3. The summed E-state index contributed by atoms with van der Waals surface area (Å²) in [5.41, 5.74) is 4.13. The second-order valence-electron chi connectivity index (χ2n) is 4.12. The fraction of sp³-hybridized carbons (Fsp3) is 0.333. The molecule has 1 aromatic heterocycles. The molecular weight excluding hydrogens is 252 g/mol. The minimum atomic E-state index is 0.125. The Kier molecular flexibility index (Phi) is 4.04. The minimum Gasteiger partial charge on any atom is -0.491 e. The van der Waals surface area contributed by atoms with Gasteiger partial charge < -0.3 is 10.2 Å². The predicted octanol–water partition coefficient (Wildman–Crippen LogP) is 2.46. The molecule has 0 saturated heterocycles. The first-order valence-electron chi connectivity index (χ1n) is 5.69. The van der Waals surface area contributed by atoms with Gasteiger partial charge in [0.15, 0.2) is 0 Å². The topological polar surface area (TPSA) is 52.0 Å². The molecule has 1 aromatic carbocycles. The van der Waals surface area contributed by atoms with Crippen LogP contribution in [0.15, 0.2) is 30.9 Å². The first-order valence-corrected chi connectivity index (χ1v) is 6.06. The Morgan fingerprint density at radius 3 is 2.72 bits per heavy atom. The van der Waals surface area contributed by atoms with Crippen LogP contribution in [0.25, 0.3) is 0 Å². The number of ether oxygens (including phenoxy) is 1. The van der Waals surface area contributed by atoms with Gasteiger partial charge in [-0.2, -0.15) is 0 Å². The molecule has 0 spiro atoms. The summed E-state index contributed by atoms with van der Waals surface area (Å²) in [6.45, 7) is 4.57. The van der Waals surface area contributed by atoms with Crippen molar-refractivity contribution in [2.45, 2.75) is 26.5 Å². The van der Waals surface area contributed by atoms with E-state index in [9.17, 15) is 0 Å². The zero-order valence-electron chi connectivity index (χ0n) is 10.3. The maximum absolute atomic E-state index is 6.00. The van der Waals surface area contributed by atoms with Crippen LogP contribution in [0.3, 0.4) is 0 Å². The second-order valence-corrected chi connectivity index (χ2v) is 4.56. The van der Waals surface area contributed by atoms with Gasteiger partial charge in [-0.05, 0) is 32.0 Å². The molecule has 18 heavy (non-hydrogen) atoms. The van der Waals surface area contributed by atoms with Crippen molar-refractivity contribution >= 4 is 11.6 Å². The Morgan fingerprint density at radius 2 is 2.06 bits per heavy atom. The molecular formula is C12H15ClN4O. The van der Waals surface area contributed by atoms with E-state index in [2.05, 4.69) is 15.6 Å². The fourth-order valence-electron chi connectivity index (χ4n) is 1.51. The molecule has 2 aromatic rings. The van der Waals surface area contributed by atoms with Crippen molar-refractivity contribution in [3.8, 4) is 5.75 Å². The number of aromatic nitrogens is 3. The third-order valence-electron chi connectivity index (χ3n) is 2.26. The first kappa shape index (κ1) is 12.7. The van der Waals surface area contributed by atoms with E-state index < -0.39 is 0 Å². The van der Waals surface area contributed by atoms with E-state index in [1.807, 2.05) is 32.0 Å². The van der Waals surface area contributed by atoms with Gasteiger partial charge in [0.05, 0.1) is 12.6 Å². The second kappa shape index (κ2) is 5.73. The van der Waals surface area contributed by atoms with Crippen LogP contribution in [0.5, 0.6) is 5.75 Å². The molecule has 0 unspecified atom stereocenters. The van der Waals surface area contributed by atoms with Gasteiger partial charge in [0.2, 0.25) is 0 Å². The Balaban J connectivity index is 2.11. The van der Waals surface area contributed by atoms with Crippen LogP contribution in [0, 0.1) is 0 Å². The third kappa shape index (κ3) is 3.37. The van der Waals surface area contributed by atoms with E-state index in [1.54, 1.807) is 17.3 Å². The highest BCUT2D eigenvalue weighted by atomic mass is 35.5. The molecule has 5 nitrogen and oxygen atoms in total. The van der Waals surface area contributed by atoms with Crippen LogP contribution in [-0.4, -0.2) is 21.0 Å². The Bertz CT molecular complexity index is 499. The maximum Gasteiger partial charge on any atom is 0.138 e. The van der Waals surface area contributed by atoms with E-state index in [-0.39, 0.29) is 6.10 Å². The van der Waals surface area contributed by atoms with E-state index >= 15 is 0 Å². The van der Waals surface area contributed by atoms with Crippen molar-refractivity contribution in [2.24, 2.45) is 0 Å². The zero-order valence-corrected chi connectivity index (χ0v) is 11.1. The van der Waals surface area contributed by atoms with Crippen molar-refractivity contribution in [1.29, 1.82) is 0 Å². The first-order chi connectivity index (χ1) is 8.65. The SMILES string of the molecule is CC(C)Oc1ccc(Cl)cc1CNn1cnnc1. The smallest absolute Gasteiger partial charge is 0.138 e. The number of hydrogen-bond donors (Lipinski definition) is 1. The van der Waals surface area contributed by atoms with E-state index in [4.69, 9.17) is 16.3 Å². The van der Waals surface area contributed by atoms with Crippen LogP contribution in [0.1, 0.15) is 19.4 Å². The van der Waals surface area contributed by atoms with Crippen molar-refractivity contribution in [1.82, 2.24) is 14.9 Å². The van der Waals surface area contributed by atoms with E-state index in [1.165, 1.54) is 0 Å². The summed E-state index contributed by atoms with van der Waals surface area (Å²) >= 11 is 6.00. The number of rotatable bonds is 5. The Hall–Kier alpha value is -1.75. The van der Waals surface area contributed by atoms with Crippen LogP contribution in [0.4, 0.5) is 0 Å². The molecule has 1 heterocycles.